The van der Waals surface area contributed by atoms with Gasteiger partial charge in [0.25, 0.3) is 0 Å². The van der Waals surface area contributed by atoms with Gasteiger partial charge in [0.2, 0.25) is 0 Å². The molecule has 0 bridgehead atoms. The number of methoxy groups -OCH3 is 1. The van der Waals surface area contributed by atoms with Crippen LogP contribution >= 0.6 is 27.5 Å². The van der Waals surface area contributed by atoms with Crippen molar-refractivity contribution >= 4 is 27.5 Å². The molecule has 0 heterocycles. The monoisotopic (exact) mass is 325 g/mol. The van der Waals surface area contributed by atoms with E-state index in [2.05, 4.69) is 15.9 Å². The van der Waals surface area contributed by atoms with Gasteiger partial charge in [0.1, 0.15) is 5.75 Å². The number of rotatable bonds is 3. The van der Waals surface area contributed by atoms with Crippen molar-refractivity contribution in [3.05, 3.63) is 63.1 Å². The Hall–Kier alpha value is -1.03. The molecule has 2 N–H and O–H groups in total. The average Bonchev–Trinajstić information content (AvgIpc) is 2.38. The van der Waals surface area contributed by atoms with Crippen LogP contribution < -0.4 is 10.5 Å². The lowest BCUT2D eigenvalue weighted by Crippen LogP contribution is -2.13. The fourth-order valence-electron chi connectivity index (χ4n) is 1.84. The molecule has 2 nitrogen and oxygen atoms in total. The molecule has 0 saturated carbocycles. The number of halogens is 2. The summed E-state index contributed by atoms with van der Waals surface area (Å²) < 4.78 is 6.23. The Morgan fingerprint density at radius 1 is 1.17 bits per heavy atom. The number of hydrogen-bond acceptors (Lipinski definition) is 2. The molecule has 2 aromatic carbocycles. The summed E-state index contributed by atoms with van der Waals surface area (Å²) in [7, 11) is 1.64. The maximum atomic E-state index is 6.29. The van der Waals surface area contributed by atoms with Crippen molar-refractivity contribution < 1.29 is 4.74 Å². The first kappa shape index (κ1) is 13.4. The standard InChI is InChI=1S/C14H13BrClNO/c1-18-13-5-3-2-4-11(13)14(17)10-7-6-9(16)8-12(10)15/h2-8,14H,17H2,1H3. The Morgan fingerprint density at radius 3 is 2.56 bits per heavy atom. The van der Waals surface area contributed by atoms with Crippen molar-refractivity contribution in [1.82, 2.24) is 0 Å². The summed E-state index contributed by atoms with van der Waals surface area (Å²) >= 11 is 9.42. The molecule has 0 amide bonds. The zero-order valence-corrected chi connectivity index (χ0v) is 12.2. The van der Waals surface area contributed by atoms with Crippen LogP contribution in [0.15, 0.2) is 46.9 Å². The lowest BCUT2D eigenvalue weighted by molar-refractivity contribution is 0.408. The third-order valence-corrected chi connectivity index (χ3v) is 3.69. The van der Waals surface area contributed by atoms with Crippen LogP contribution in [0.2, 0.25) is 5.02 Å². The molecule has 0 aliphatic rings. The van der Waals surface area contributed by atoms with Gasteiger partial charge in [0.05, 0.1) is 13.2 Å². The van der Waals surface area contributed by atoms with Gasteiger partial charge in [0.15, 0.2) is 0 Å². The summed E-state index contributed by atoms with van der Waals surface area (Å²) in [5.74, 6) is 0.784. The molecule has 18 heavy (non-hydrogen) atoms. The summed E-state index contributed by atoms with van der Waals surface area (Å²) in [6, 6.07) is 13.1. The number of ether oxygens (including phenoxy) is 1. The van der Waals surface area contributed by atoms with E-state index in [9.17, 15) is 0 Å². The minimum atomic E-state index is -0.257. The van der Waals surface area contributed by atoms with Crippen LogP contribution in [-0.4, -0.2) is 7.11 Å². The van der Waals surface area contributed by atoms with E-state index in [0.29, 0.717) is 5.02 Å². The highest BCUT2D eigenvalue weighted by molar-refractivity contribution is 9.10. The molecule has 2 rings (SSSR count). The Labute approximate surface area is 120 Å². The maximum Gasteiger partial charge on any atom is 0.123 e. The lowest BCUT2D eigenvalue weighted by Gasteiger charge is -2.17. The maximum absolute atomic E-state index is 6.29. The predicted molar refractivity (Wildman–Crippen MR) is 78.2 cm³/mol. The van der Waals surface area contributed by atoms with Gasteiger partial charge in [-0.15, -0.1) is 0 Å². The van der Waals surface area contributed by atoms with Crippen molar-refractivity contribution in [3.63, 3.8) is 0 Å². The molecule has 1 unspecified atom stereocenters. The minimum Gasteiger partial charge on any atom is -0.496 e. The van der Waals surface area contributed by atoms with Gasteiger partial charge < -0.3 is 10.5 Å². The van der Waals surface area contributed by atoms with Gasteiger partial charge in [0, 0.05) is 15.1 Å². The Morgan fingerprint density at radius 2 is 1.89 bits per heavy atom. The van der Waals surface area contributed by atoms with Gasteiger partial charge >= 0.3 is 0 Å². The third kappa shape index (κ3) is 2.69. The van der Waals surface area contributed by atoms with Crippen LogP contribution in [0, 0.1) is 0 Å². The average molecular weight is 327 g/mol. The molecular weight excluding hydrogens is 314 g/mol. The van der Waals surface area contributed by atoms with E-state index >= 15 is 0 Å². The SMILES string of the molecule is COc1ccccc1C(N)c1ccc(Cl)cc1Br. The molecule has 0 radical (unpaired) electrons. The second-order valence-electron chi connectivity index (χ2n) is 3.89. The fraction of sp³-hybridized carbons (Fsp3) is 0.143. The Kier molecular flexibility index (Phi) is 4.27. The first-order valence-electron chi connectivity index (χ1n) is 5.47. The molecule has 0 aliphatic carbocycles. The summed E-state index contributed by atoms with van der Waals surface area (Å²) in [6.45, 7) is 0. The van der Waals surface area contributed by atoms with E-state index in [1.165, 1.54) is 0 Å². The van der Waals surface area contributed by atoms with Gasteiger partial charge in [-0.05, 0) is 23.8 Å². The Bertz CT molecular complexity index is 559. The lowest BCUT2D eigenvalue weighted by atomic mass is 9.99. The highest BCUT2D eigenvalue weighted by Gasteiger charge is 2.16. The van der Waals surface area contributed by atoms with Crippen molar-refractivity contribution in [1.29, 1.82) is 0 Å². The van der Waals surface area contributed by atoms with Crippen LogP contribution in [0.5, 0.6) is 5.75 Å². The normalized spacial score (nSPS) is 12.2. The third-order valence-electron chi connectivity index (χ3n) is 2.77. The summed E-state index contributed by atoms with van der Waals surface area (Å²) in [6.07, 6.45) is 0. The molecule has 0 aliphatic heterocycles. The van der Waals surface area contributed by atoms with Gasteiger partial charge in [-0.2, -0.15) is 0 Å². The molecule has 0 spiro atoms. The summed E-state index contributed by atoms with van der Waals surface area (Å²) in [5, 5.41) is 0.679. The summed E-state index contributed by atoms with van der Waals surface area (Å²) in [4.78, 5) is 0. The van der Waals surface area contributed by atoms with E-state index < -0.39 is 0 Å². The quantitative estimate of drug-likeness (QED) is 0.919. The van der Waals surface area contributed by atoms with E-state index in [1.807, 2.05) is 42.5 Å². The first-order chi connectivity index (χ1) is 8.63. The number of nitrogens with two attached hydrogens (primary N) is 1. The molecule has 94 valence electrons. The second kappa shape index (κ2) is 5.74. The van der Waals surface area contributed by atoms with Crippen LogP contribution in [-0.2, 0) is 0 Å². The highest BCUT2D eigenvalue weighted by atomic mass is 79.9. The van der Waals surface area contributed by atoms with E-state index in [1.54, 1.807) is 7.11 Å². The molecular formula is C14H13BrClNO. The van der Waals surface area contributed by atoms with Crippen molar-refractivity contribution in [3.8, 4) is 5.75 Å². The molecule has 1 atom stereocenters. The number of benzene rings is 2. The predicted octanol–water partition coefficient (Wildman–Crippen LogP) is 4.16. The summed E-state index contributed by atoms with van der Waals surface area (Å²) in [5.41, 5.74) is 8.21. The van der Waals surface area contributed by atoms with Crippen LogP contribution in [0.1, 0.15) is 17.2 Å². The smallest absolute Gasteiger partial charge is 0.123 e. The highest BCUT2D eigenvalue weighted by Crippen LogP contribution is 2.33. The minimum absolute atomic E-state index is 0.257. The Balaban J connectivity index is 2.44. The van der Waals surface area contributed by atoms with Crippen LogP contribution in [0.4, 0.5) is 0 Å². The molecule has 0 fully saturated rings. The molecule has 4 heteroatoms. The molecule has 0 saturated heterocycles. The zero-order valence-electron chi connectivity index (χ0n) is 9.86. The number of hydrogen-bond donors (Lipinski definition) is 1. The largest absolute Gasteiger partial charge is 0.496 e. The van der Waals surface area contributed by atoms with E-state index in [4.69, 9.17) is 22.1 Å². The molecule has 2 aromatic rings. The van der Waals surface area contributed by atoms with Gasteiger partial charge in [-0.3, -0.25) is 0 Å². The van der Waals surface area contributed by atoms with E-state index in [-0.39, 0.29) is 6.04 Å². The zero-order chi connectivity index (χ0) is 13.1. The van der Waals surface area contributed by atoms with Crippen molar-refractivity contribution in [2.75, 3.05) is 7.11 Å². The van der Waals surface area contributed by atoms with Gasteiger partial charge in [-0.25, -0.2) is 0 Å². The van der Waals surface area contributed by atoms with Crippen molar-refractivity contribution in [2.24, 2.45) is 5.73 Å². The first-order valence-corrected chi connectivity index (χ1v) is 6.64. The fourth-order valence-corrected chi connectivity index (χ4v) is 2.77. The van der Waals surface area contributed by atoms with Crippen LogP contribution in [0.25, 0.3) is 0 Å². The van der Waals surface area contributed by atoms with Crippen molar-refractivity contribution in [2.45, 2.75) is 6.04 Å². The molecule has 0 aromatic heterocycles. The topological polar surface area (TPSA) is 35.2 Å². The van der Waals surface area contributed by atoms with Gasteiger partial charge in [-0.1, -0.05) is 51.8 Å². The van der Waals surface area contributed by atoms with E-state index in [0.717, 1.165) is 21.3 Å². The van der Waals surface area contributed by atoms with Crippen LogP contribution in [0.3, 0.4) is 0 Å². The second-order valence-corrected chi connectivity index (χ2v) is 5.18. The number of para-hydroxylation sites is 1.